The van der Waals surface area contributed by atoms with Gasteiger partial charge in [0.1, 0.15) is 11.9 Å². The number of hydrogen-bond donors (Lipinski definition) is 1. The largest absolute Gasteiger partial charge is 0.352 e. The van der Waals surface area contributed by atoms with Gasteiger partial charge in [0.15, 0.2) is 0 Å². The van der Waals surface area contributed by atoms with E-state index in [1.165, 1.54) is 35.7 Å². The molecule has 1 amide bonds. The van der Waals surface area contributed by atoms with Crippen LogP contribution < -0.4 is 5.32 Å². The summed E-state index contributed by atoms with van der Waals surface area (Å²) in [6.07, 6.45) is 8.96. The monoisotopic (exact) mass is 382 g/mol. The molecule has 1 aromatic rings. The van der Waals surface area contributed by atoms with E-state index in [1.807, 2.05) is 0 Å². The maximum atomic E-state index is 13.1. The molecule has 1 saturated heterocycles. The molecule has 0 bridgehead atoms. The number of sulfonamides is 1. The highest BCUT2D eigenvalue weighted by atomic mass is 32.2. The molecule has 5 nitrogen and oxygen atoms in total. The summed E-state index contributed by atoms with van der Waals surface area (Å²) in [5.74, 6) is -0.678. The summed E-state index contributed by atoms with van der Waals surface area (Å²) in [6, 6.07) is 4.24. The fourth-order valence-corrected chi connectivity index (χ4v) is 5.59. The first kappa shape index (κ1) is 19.3. The van der Waals surface area contributed by atoms with Crippen molar-refractivity contribution in [2.75, 3.05) is 6.54 Å². The first-order valence-corrected chi connectivity index (χ1v) is 11.0. The average molecular weight is 383 g/mol. The number of carbonyl (C=O) groups is 1. The van der Waals surface area contributed by atoms with Gasteiger partial charge in [-0.3, -0.25) is 4.79 Å². The summed E-state index contributed by atoms with van der Waals surface area (Å²) >= 11 is 0. The number of nitrogens with one attached hydrogen (secondary N) is 1. The number of hydrogen-bond acceptors (Lipinski definition) is 3. The van der Waals surface area contributed by atoms with Crippen LogP contribution in [0.15, 0.2) is 29.2 Å². The van der Waals surface area contributed by atoms with Crippen molar-refractivity contribution in [3.05, 3.63) is 30.1 Å². The Morgan fingerprint density at radius 2 is 1.58 bits per heavy atom. The van der Waals surface area contributed by atoms with Gasteiger partial charge in [0.2, 0.25) is 15.9 Å². The van der Waals surface area contributed by atoms with Crippen LogP contribution in [0.4, 0.5) is 4.39 Å². The van der Waals surface area contributed by atoms with Gasteiger partial charge in [-0.2, -0.15) is 4.31 Å². The molecular formula is C19H27FN2O3S. The third-order valence-electron chi connectivity index (χ3n) is 5.38. The average Bonchev–Trinajstić information content (AvgIpc) is 3.08. The number of rotatable bonds is 4. The SMILES string of the molecule is O=C(NC1CCCCCCC1)[C@H]1CCCN1S(=O)(=O)c1ccc(F)cc1. The minimum Gasteiger partial charge on any atom is -0.352 e. The molecule has 1 saturated carbocycles. The molecule has 1 atom stereocenters. The van der Waals surface area contributed by atoms with E-state index < -0.39 is 21.9 Å². The Balaban J connectivity index is 1.70. The fourth-order valence-electron chi connectivity index (χ4n) is 3.93. The molecule has 0 spiro atoms. The normalized spacial score (nSPS) is 23.3. The fraction of sp³-hybridized carbons (Fsp3) is 0.632. The maximum absolute atomic E-state index is 13.1. The summed E-state index contributed by atoms with van der Waals surface area (Å²) in [5, 5.41) is 3.09. The smallest absolute Gasteiger partial charge is 0.243 e. The van der Waals surface area contributed by atoms with Gasteiger partial charge in [0.05, 0.1) is 4.90 Å². The van der Waals surface area contributed by atoms with E-state index in [0.29, 0.717) is 19.4 Å². The molecule has 2 aliphatic rings. The minimum absolute atomic E-state index is 0.0320. The molecule has 26 heavy (non-hydrogen) atoms. The van der Waals surface area contributed by atoms with Gasteiger partial charge < -0.3 is 5.32 Å². The summed E-state index contributed by atoms with van der Waals surface area (Å²) in [5.41, 5.74) is 0. The van der Waals surface area contributed by atoms with Crippen molar-refractivity contribution in [2.45, 2.75) is 74.8 Å². The van der Waals surface area contributed by atoms with Gasteiger partial charge in [-0.1, -0.05) is 32.1 Å². The lowest BCUT2D eigenvalue weighted by Gasteiger charge is -2.27. The van der Waals surface area contributed by atoms with Crippen molar-refractivity contribution in [3.63, 3.8) is 0 Å². The molecule has 1 aromatic carbocycles. The Kier molecular flexibility index (Phi) is 6.29. The van der Waals surface area contributed by atoms with Gasteiger partial charge in [0.25, 0.3) is 0 Å². The Bertz CT molecular complexity index is 713. The second kappa shape index (κ2) is 8.48. The Labute approximate surface area is 155 Å². The molecule has 0 unspecified atom stereocenters. The topological polar surface area (TPSA) is 66.5 Å². The van der Waals surface area contributed by atoms with Crippen LogP contribution in [0.2, 0.25) is 0 Å². The quantitative estimate of drug-likeness (QED) is 0.870. The lowest BCUT2D eigenvalue weighted by Crippen LogP contribution is -2.48. The van der Waals surface area contributed by atoms with Gasteiger partial charge in [-0.25, -0.2) is 12.8 Å². The number of carbonyl (C=O) groups excluding carboxylic acids is 1. The third kappa shape index (κ3) is 4.43. The predicted octanol–water partition coefficient (Wildman–Crippen LogP) is 3.21. The molecule has 144 valence electrons. The van der Waals surface area contributed by atoms with Crippen molar-refractivity contribution >= 4 is 15.9 Å². The summed E-state index contributed by atoms with van der Waals surface area (Å²) in [7, 11) is -3.80. The van der Waals surface area contributed by atoms with Crippen LogP contribution in [-0.4, -0.2) is 37.3 Å². The van der Waals surface area contributed by atoms with Crippen LogP contribution in [0.5, 0.6) is 0 Å². The summed E-state index contributed by atoms with van der Waals surface area (Å²) in [4.78, 5) is 12.8. The van der Waals surface area contributed by atoms with E-state index in [-0.39, 0.29) is 16.8 Å². The first-order valence-electron chi connectivity index (χ1n) is 9.56. The van der Waals surface area contributed by atoms with Crippen LogP contribution in [-0.2, 0) is 14.8 Å². The molecule has 1 aliphatic carbocycles. The van der Waals surface area contributed by atoms with Crippen LogP contribution in [0.25, 0.3) is 0 Å². The Morgan fingerprint density at radius 3 is 2.23 bits per heavy atom. The van der Waals surface area contributed by atoms with Crippen molar-refractivity contribution in [1.82, 2.24) is 9.62 Å². The minimum atomic E-state index is -3.80. The molecule has 0 aromatic heterocycles. The summed E-state index contributed by atoms with van der Waals surface area (Å²) < 4.78 is 40.1. The number of amides is 1. The number of benzene rings is 1. The number of nitrogens with zero attached hydrogens (tertiary/aromatic N) is 1. The standard InChI is InChI=1S/C19H27FN2O3S/c20-15-10-12-17(13-11-15)26(24,25)22-14-6-9-18(22)19(23)21-16-7-4-2-1-3-5-8-16/h10-13,16,18H,1-9,14H2,(H,21,23)/t18-/m1/s1. The highest BCUT2D eigenvalue weighted by Crippen LogP contribution is 2.27. The van der Waals surface area contributed by atoms with Gasteiger partial charge in [0, 0.05) is 12.6 Å². The van der Waals surface area contributed by atoms with Gasteiger partial charge in [-0.15, -0.1) is 0 Å². The lowest BCUT2D eigenvalue weighted by molar-refractivity contribution is -0.125. The van der Waals surface area contributed by atoms with Gasteiger partial charge in [-0.05, 0) is 49.9 Å². The zero-order valence-corrected chi connectivity index (χ0v) is 15.8. The molecule has 2 fully saturated rings. The summed E-state index contributed by atoms with van der Waals surface area (Å²) in [6.45, 7) is 0.322. The van der Waals surface area contributed by atoms with E-state index >= 15 is 0 Å². The van der Waals surface area contributed by atoms with Crippen molar-refractivity contribution in [1.29, 1.82) is 0 Å². The second-order valence-electron chi connectivity index (χ2n) is 7.28. The molecule has 0 radical (unpaired) electrons. The van der Waals surface area contributed by atoms with E-state index in [4.69, 9.17) is 0 Å². The molecule has 7 heteroatoms. The van der Waals surface area contributed by atoms with E-state index in [2.05, 4.69) is 5.32 Å². The molecule has 1 heterocycles. The highest BCUT2D eigenvalue weighted by molar-refractivity contribution is 7.89. The molecule has 3 rings (SSSR count). The zero-order chi connectivity index (χ0) is 18.6. The van der Waals surface area contributed by atoms with Gasteiger partial charge >= 0.3 is 0 Å². The second-order valence-corrected chi connectivity index (χ2v) is 9.17. The van der Waals surface area contributed by atoms with Crippen LogP contribution in [0.3, 0.4) is 0 Å². The van der Waals surface area contributed by atoms with Crippen LogP contribution >= 0.6 is 0 Å². The molecule has 1 aliphatic heterocycles. The Hall–Kier alpha value is -1.47. The van der Waals surface area contributed by atoms with Crippen molar-refractivity contribution < 1.29 is 17.6 Å². The lowest BCUT2D eigenvalue weighted by atomic mass is 9.96. The maximum Gasteiger partial charge on any atom is 0.243 e. The predicted molar refractivity (Wildman–Crippen MR) is 97.6 cm³/mol. The van der Waals surface area contributed by atoms with Crippen molar-refractivity contribution in [3.8, 4) is 0 Å². The molecule has 1 N–H and O–H groups in total. The van der Waals surface area contributed by atoms with Crippen molar-refractivity contribution in [2.24, 2.45) is 0 Å². The Morgan fingerprint density at radius 1 is 0.962 bits per heavy atom. The van der Waals surface area contributed by atoms with Crippen LogP contribution in [0.1, 0.15) is 57.8 Å². The highest BCUT2D eigenvalue weighted by Gasteiger charge is 2.39. The number of halogens is 1. The van der Waals surface area contributed by atoms with E-state index in [0.717, 1.165) is 37.8 Å². The van der Waals surface area contributed by atoms with Crippen LogP contribution in [0, 0.1) is 5.82 Å². The van der Waals surface area contributed by atoms with E-state index in [9.17, 15) is 17.6 Å². The third-order valence-corrected chi connectivity index (χ3v) is 7.30. The molecular weight excluding hydrogens is 355 g/mol. The zero-order valence-electron chi connectivity index (χ0n) is 15.0. The van der Waals surface area contributed by atoms with E-state index in [1.54, 1.807) is 0 Å². The first-order chi connectivity index (χ1) is 12.5.